The van der Waals surface area contributed by atoms with Gasteiger partial charge in [0.15, 0.2) is 5.25 Å². The van der Waals surface area contributed by atoms with Crippen molar-refractivity contribution in [1.82, 2.24) is 0 Å². The Balaban J connectivity index is 0. The van der Waals surface area contributed by atoms with Crippen LogP contribution in [0.1, 0.15) is 6.42 Å². The number of carbonyl (C=O) groups excluding carboxylic acids is 2. The summed E-state index contributed by atoms with van der Waals surface area (Å²) in [5, 5.41) is -2.24. The fourth-order valence-electron chi connectivity index (χ4n) is 0.835. The summed E-state index contributed by atoms with van der Waals surface area (Å²) in [5.74, 6) is 10.1. The fraction of sp³-hybridized carbons (Fsp3) is 0.231. The Morgan fingerprint density at radius 2 is 1.73 bits per heavy atom. The summed E-state index contributed by atoms with van der Waals surface area (Å²) in [6.45, 7) is 0. The van der Waals surface area contributed by atoms with Gasteiger partial charge in [-0.3, -0.25) is 4.79 Å². The van der Waals surface area contributed by atoms with Crippen LogP contribution in [-0.4, -0.2) is 37.3 Å². The maximum atomic E-state index is 11.4. The SMILES string of the molecule is C#CC#CC#CC#COC(=O)C(CC(=O)OC)S(=O)(=O)[O-].[Na+]. The van der Waals surface area contributed by atoms with Gasteiger partial charge >= 0.3 is 41.5 Å². The molecule has 0 heterocycles. The number of esters is 2. The van der Waals surface area contributed by atoms with E-state index in [-0.39, 0.29) is 29.6 Å². The van der Waals surface area contributed by atoms with Gasteiger partial charge in [0, 0.05) is 17.8 Å². The van der Waals surface area contributed by atoms with Crippen molar-refractivity contribution in [2.75, 3.05) is 7.11 Å². The smallest absolute Gasteiger partial charge is 0.747 e. The fourth-order valence-corrected chi connectivity index (χ4v) is 1.46. The number of methoxy groups -OCH3 is 1. The number of hydrogen-bond donors (Lipinski definition) is 0. The van der Waals surface area contributed by atoms with Gasteiger partial charge in [0.05, 0.1) is 13.5 Å². The van der Waals surface area contributed by atoms with E-state index in [1.165, 1.54) is 0 Å². The molecule has 0 aliphatic rings. The Morgan fingerprint density at radius 1 is 1.18 bits per heavy atom. The van der Waals surface area contributed by atoms with Crippen molar-refractivity contribution in [1.29, 1.82) is 0 Å². The molecule has 7 nitrogen and oxygen atoms in total. The molecule has 22 heavy (non-hydrogen) atoms. The van der Waals surface area contributed by atoms with Crippen LogP contribution >= 0.6 is 0 Å². The molecule has 0 saturated heterocycles. The molecule has 9 heteroatoms. The first-order chi connectivity index (χ1) is 9.82. The molecule has 0 aliphatic carbocycles. The van der Waals surface area contributed by atoms with E-state index in [1.54, 1.807) is 6.11 Å². The van der Waals surface area contributed by atoms with Gasteiger partial charge in [-0.15, -0.1) is 6.42 Å². The Labute approximate surface area is 150 Å². The summed E-state index contributed by atoms with van der Waals surface area (Å²) in [7, 11) is -4.13. The minimum atomic E-state index is -5.10. The number of hydrogen-bond acceptors (Lipinski definition) is 7. The molecule has 1 atom stereocenters. The van der Waals surface area contributed by atoms with Crippen molar-refractivity contribution in [3.8, 4) is 48.1 Å². The van der Waals surface area contributed by atoms with E-state index in [0.29, 0.717) is 0 Å². The number of terminal acetylenes is 1. The second-order valence-corrected chi connectivity index (χ2v) is 4.61. The second kappa shape index (κ2) is 11.7. The van der Waals surface area contributed by atoms with Crippen LogP contribution in [0.2, 0.25) is 0 Å². The minimum absolute atomic E-state index is 0. The Bertz CT molecular complexity index is 742. The van der Waals surface area contributed by atoms with Crippen LogP contribution < -0.4 is 29.6 Å². The summed E-state index contributed by atoms with van der Waals surface area (Å²) >= 11 is 0. The molecular weight excluding hydrogens is 323 g/mol. The Hall–Kier alpha value is -1.91. The van der Waals surface area contributed by atoms with Crippen molar-refractivity contribution in [2.24, 2.45) is 0 Å². The molecule has 0 N–H and O–H groups in total. The molecule has 0 bridgehead atoms. The molecule has 0 rings (SSSR count). The first-order valence-corrected chi connectivity index (χ1v) is 6.48. The van der Waals surface area contributed by atoms with Crippen molar-refractivity contribution in [2.45, 2.75) is 11.7 Å². The predicted octanol–water partition coefficient (Wildman–Crippen LogP) is -4.39. The predicted molar refractivity (Wildman–Crippen MR) is 68.4 cm³/mol. The minimum Gasteiger partial charge on any atom is -0.747 e. The van der Waals surface area contributed by atoms with Crippen LogP contribution in [0.25, 0.3) is 0 Å². The van der Waals surface area contributed by atoms with Crippen LogP contribution in [0.15, 0.2) is 0 Å². The quantitative estimate of drug-likeness (QED) is 0.222. The third-order valence-electron chi connectivity index (χ3n) is 1.72. The van der Waals surface area contributed by atoms with Gasteiger partial charge in [0.25, 0.3) is 0 Å². The second-order valence-electron chi connectivity index (χ2n) is 3.05. The van der Waals surface area contributed by atoms with Gasteiger partial charge in [-0.25, -0.2) is 13.2 Å². The van der Waals surface area contributed by atoms with Crippen LogP contribution in [0, 0.1) is 48.1 Å². The molecule has 1 unspecified atom stereocenters. The van der Waals surface area contributed by atoms with Crippen molar-refractivity contribution >= 4 is 22.1 Å². The van der Waals surface area contributed by atoms with Gasteiger partial charge in [0.2, 0.25) is 0 Å². The zero-order valence-corrected chi connectivity index (χ0v) is 14.4. The van der Waals surface area contributed by atoms with E-state index >= 15 is 0 Å². The van der Waals surface area contributed by atoms with E-state index in [4.69, 9.17) is 6.42 Å². The van der Waals surface area contributed by atoms with Crippen LogP contribution in [0.5, 0.6) is 0 Å². The normalized spacial score (nSPS) is 9.50. The number of rotatable bonds is 4. The largest absolute Gasteiger partial charge is 1.00 e. The molecule has 0 amide bonds. The monoisotopic (exact) mass is 330 g/mol. The molecule has 0 saturated carbocycles. The molecule has 0 spiro atoms. The van der Waals surface area contributed by atoms with Gasteiger partial charge in [0.1, 0.15) is 16.2 Å². The van der Waals surface area contributed by atoms with E-state index in [1.807, 2.05) is 11.8 Å². The molecule has 108 valence electrons. The van der Waals surface area contributed by atoms with Crippen LogP contribution in [-0.2, 0) is 29.2 Å². The maximum absolute atomic E-state index is 11.4. The maximum Gasteiger partial charge on any atom is 1.00 e. The molecule has 0 fully saturated rings. The van der Waals surface area contributed by atoms with Crippen LogP contribution in [0.4, 0.5) is 0 Å². The first kappa shape index (κ1) is 22.4. The molecular formula is C13H7NaO7S. The van der Waals surface area contributed by atoms with Gasteiger partial charge < -0.3 is 14.0 Å². The van der Waals surface area contributed by atoms with Crippen molar-refractivity contribution in [3.05, 3.63) is 0 Å². The Kier molecular flexibility index (Phi) is 11.9. The first-order valence-electron chi connectivity index (χ1n) is 5.00. The number of ether oxygens (including phenoxy) is 2. The standard InChI is InChI=1S/C13H8O7S.Na/c1-3-4-5-6-7-8-9-20-13(15)11(21(16,17)18)10-12(14)19-2;/h1,11H,10H2,2H3,(H,16,17,18);/q;+1/p-1. The topological polar surface area (TPSA) is 110 Å². The van der Waals surface area contributed by atoms with Gasteiger partial charge in [-0.1, -0.05) is 0 Å². The zero-order chi connectivity index (χ0) is 16.3. The van der Waals surface area contributed by atoms with Crippen LogP contribution in [0.3, 0.4) is 0 Å². The third kappa shape index (κ3) is 9.91. The Morgan fingerprint density at radius 3 is 2.23 bits per heavy atom. The summed E-state index contributed by atoms with van der Waals surface area (Å²) in [6, 6.07) is 0. The van der Waals surface area contributed by atoms with E-state index in [0.717, 1.165) is 7.11 Å². The third-order valence-corrected chi connectivity index (χ3v) is 2.77. The average molecular weight is 330 g/mol. The summed E-state index contributed by atoms with van der Waals surface area (Å²) in [6.07, 6.45) is 5.60. The van der Waals surface area contributed by atoms with Gasteiger partial charge in [-0.2, -0.15) is 0 Å². The summed E-state index contributed by atoms with van der Waals surface area (Å²) in [5.41, 5.74) is 0. The number of carbonyl (C=O) groups is 2. The molecule has 0 aromatic carbocycles. The summed E-state index contributed by atoms with van der Waals surface area (Å²) in [4.78, 5) is 22.3. The molecule has 0 radical (unpaired) electrons. The van der Waals surface area contributed by atoms with E-state index in [9.17, 15) is 22.6 Å². The molecule has 0 aromatic heterocycles. The molecule has 0 aliphatic heterocycles. The van der Waals surface area contributed by atoms with Gasteiger partial charge in [-0.05, 0) is 17.8 Å². The van der Waals surface area contributed by atoms with E-state index in [2.05, 4.69) is 33.2 Å². The average Bonchev–Trinajstić information content (AvgIpc) is 2.41. The van der Waals surface area contributed by atoms with E-state index < -0.39 is 33.7 Å². The molecule has 0 aromatic rings. The van der Waals surface area contributed by atoms with Crippen molar-refractivity contribution in [3.63, 3.8) is 0 Å². The summed E-state index contributed by atoms with van der Waals surface area (Å²) < 4.78 is 40.9. The van der Waals surface area contributed by atoms with Crippen molar-refractivity contribution < 1.29 is 61.6 Å². The zero-order valence-electron chi connectivity index (χ0n) is 11.6.